The zero-order valence-corrected chi connectivity index (χ0v) is 13.0. The van der Waals surface area contributed by atoms with Gasteiger partial charge in [0.2, 0.25) is 0 Å². The van der Waals surface area contributed by atoms with Crippen LogP contribution in [0.3, 0.4) is 0 Å². The van der Waals surface area contributed by atoms with Gasteiger partial charge in [0.05, 0.1) is 12.6 Å². The number of hydrogen-bond acceptors (Lipinski definition) is 3. The Morgan fingerprint density at radius 3 is 2.55 bits per heavy atom. The van der Waals surface area contributed by atoms with Gasteiger partial charge in [-0.3, -0.25) is 9.69 Å². The van der Waals surface area contributed by atoms with E-state index in [4.69, 9.17) is 4.74 Å². The maximum Gasteiger partial charge on any atom is 0.411 e. The summed E-state index contributed by atoms with van der Waals surface area (Å²) in [6.07, 6.45) is -0.340. The molecule has 2 rings (SSSR count). The molecule has 0 saturated carbocycles. The molecule has 1 amide bonds. The minimum Gasteiger partial charge on any atom is -0.444 e. The maximum atomic E-state index is 12.3. The first-order valence-electron chi connectivity index (χ1n) is 6.81. The van der Waals surface area contributed by atoms with Gasteiger partial charge in [0.15, 0.2) is 0 Å². The molecule has 2 heterocycles. The molecule has 5 heteroatoms. The summed E-state index contributed by atoms with van der Waals surface area (Å²) >= 11 is 0. The molecule has 110 valence electrons. The Labute approximate surface area is 119 Å². The molecular formula is C15H22N2O3. The van der Waals surface area contributed by atoms with Crippen molar-refractivity contribution < 1.29 is 9.53 Å². The van der Waals surface area contributed by atoms with Gasteiger partial charge in [0, 0.05) is 18.8 Å². The van der Waals surface area contributed by atoms with Crippen LogP contribution in [0.25, 0.3) is 0 Å². The summed E-state index contributed by atoms with van der Waals surface area (Å²) in [5.74, 6) is 0. The van der Waals surface area contributed by atoms with E-state index in [0.717, 1.165) is 16.8 Å². The van der Waals surface area contributed by atoms with Gasteiger partial charge in [-0.25, -0.2) is 4.79 Å². The number of carbonyl (C=O) groups excluding carboxylic acids is 1. The fraction of sp³-hybridized carbons (Fsp3) is 0.600. The van der Waals surface area contributed by atoms with Crippen molar-refractivity contribution in [1.29, 1.82) is 0 Å². The molecule has 1 atom stereocenters. The Balaban J connectivity index is 2.37. The highest BCUT2D eigenvalue weighted by Crippen LogP contribution is 2.35. The molecule has 0 saturated heterocycles. The van der Waals surface area contributed by atoms with Crippen LogP contribution >= 0.6 is 0 Å². The first-order valence-corrected chi connectivity index (χ1v) is 6.81. The van der Waals surface area contributed by atoms with E-state index in [1.165, 1.54) is 0 Å². The van der Waals surface area contributed by atoms with E-state index in [-0.39, 0.29) is 17.7 Å². The van der Waals surface area contributed by atoms with Crippen molar-refractivity contribution in [3.8, 4) is 0 Å². The normalized spacial score (nSPS) is 18.1. The fourth-order valence-electron chi connectivity index (χ4n) is 2.66. The standard InChI is InChI=1S/C15H22N2O3/c1-9-7-12(18)16(6)11-8-17(10(2)13(9)11)14(19)20-15(3,4)5/h7,10H,8H2,1-6H3/t10-/m0/s1. The molecule has 0 fully saturated rings. The van der Waals surface area contributed by atoms with Crippen LogP contribution in [0.15, 0.2) is 10.9 Å². The van der Waals surface area contributed by atoms with Gasteiger partial charge in [-0.05, 0) is 45.7 Å². The van der Waals surface area contributed by atoms with E-state index >= 15 is 0 Å². The van der Waals surface area contributed by atoms with Gasteiger partial charge in [-0.15, -0.1) is 0 Å². The van der Waals surface area contributed by atoms with Gasteiger partial charge in [0.1, 0.15) is 5.60 Å². The van der Waals surface area contributed by atoms with Crippen LogP contribution in [0.2, 0.25) is 0 Å². The number of aromatic nitrogens is 1. The van der Waals surface area contributed by atoms with Crippen molar-refractivity contribution in [2.75, 3.05) is 0 Å². The molecule has 0 bridgehead atoms. The lowest BCUT2D eigenvalue weighted by Gasteiger charge is -2.27. The summed E-state index contributed by atoms with van der Waals surface area (Å²) in [7, 11) is 1.74. The van der Waals surface area contributed by atoms with Crippen molar-refractivity contribution in [3.05, 3.63) is 33.2 Å². The van der Waals surface area contributed by atoms with Crippen molar-refractivity contribution in [2.45, 2.75) is 52.8 Å². The lowest BCUT2D eigenvalue weighted by molar-refractivity contribution is 0.0185. The molecule has 1 aromatic rings. The first kappa shape index (κ1) is 14.6. The van der Waals surface area contributed by atoms with Gasteiger partial charge in [0.25, 0.3) is 5.56 Å². The van der Waals surface area contributed by atoms with E-state index in [0.29, 0.717) is 6.54 Å². The Bertz CT molecular complexity index is 611. The highest BCUT2D eigenvalue weighted by atomic mass is 16.6. The minimum atomic E-state index is -0.521. The Morgan fingerprint density at radius 1 is 1.40 bits per heavy atom. The molecule has 0 unspecified atom stereocenters. The molecule has 0 spiro atoms. The van der Waals surface area contributed by atoms with Crippen LogP contribution < -0.4 is 5.56 Å². The molecule has 1 aliphatic heterocycles. The van der Waals surface area contributed by atoms with Crippen LogP contribution in [-0.4, -0.2) is 21.2 Å². The number of rotatable bonds is 0. The highest BCUT2D eigenvalue weighted by molar-refractivity contribution is 5.70. The van der Waals surface area contributed by atoms with Gasteiger partial charge >= 0.3 is 6.09 Å². The fourth-order valence-corrected chi connectivity index (χ4v) is 2.66. The zero-order chi connectivity index (χ0) is 15.2. The Kier molecular flexibility index (Phi) is 3.40. The minimum absolute atomic E-state index is 0.0421. The number of amides is 1. The number of pyridine rings is 1. The van der Waals surface area contributed by atoms with E-state index in [9.17, 15) is 9.59 Å². The Hall–Kier alpha value is -1.78. The largest absolute Gasteiger partial charge is 0.444 e. The summed E-state index contributed by atoms with van der Waals surface area (Å²) in [5, 5.41) is 0. The van der Waals surface area contributed by atoms with Crippen molar-refractivity contribution in [3.63, 3.8) is 0 Å². The van der Waals surface area contributed by atoms with E-state index < -0.39 is 5.60 Å². The number of carbonyl (C=O) groups is 1. The third-order valence-electron chi connectivity index (χ3n) is 3.64. The lowest BCUT2D eigenvalue weighted by Crippen LogP contribution is -2.35. The molecule has 0 N–H and O–H groups in total. The van der Waals surface area contributed by atoms with E-state index in [1.54, 1.807) is 22.6 Å². The van der Waals surface area contributed by atoms with Crippen molar-refractivity contribution >= 4 is 6.09 Å². The average Bonchev–Trinajstić information content (AvgIpc) is 2.62. The van der Waals surface area contributed by atoms with Gasteiger partial charge in [-0.1, -0.05) is 0 Å². The number of aryl methyl sites for hydroxylation is 1. The molecular weight excluding hydrogens is 256 g/mol. The van der Waals surface area contributed by atoms with Gasteiger partial charge < -0.3 is 9.30 Å². The van der Waals surface area contributed by atoms with Crippen LogP contribution in [0.4, 0.5) is 4.79 Å². The quantitative estimate of drug-likeness (QED) is 0.732. The summed E-state index contributed by atoms with van der Waals surface area (Å²) < 4.78 is 7.05. The van der Waals surface area contributed by atoms with Crippen LogP contribution in [-0.2, 0) is 18.3 Å². The van der Waals surface area contributed by atoms with Crippen molar-refractivity contribution in [1.82, 2.24) is 9.47 Å². The average molecular weight is 278 g/mol. The molecule has 0 radical (unpaired) electrons. The SMILES string of the molecule is Cc1cc(=O)n(C)c2c1[C@H](C)N(C(=O)OC(C)(C)C)C2. The highest BCUT2D eigenvalue weighted by Gasteiger charge is 2.35. The third-order valence-corrected chi connectivity index (χ3v) is 3.64. The van der Waals surface area contributed by atoms with Crippen LogP contribution in [0, 0.1) is 6.92 Å². The number of fused-ring (bicyclic) bond motifs is 1. The molecule has 20 heavy (non-hydrogen) atoms. The van der Waals surface area contributed by atoms with E-state index in [1.807, 2.05) is 34.6 Å². The zero-order valence-electron chi connectivity index (χ0n) is 13.0. The second-order valence-corrected chi connectivity index (χ2v) is 6.37. The predicted molar refractivity (Wildman–Crippen MR) is 76.6 cm³/mol. The summed E-state index contributed by atoms with van der Waals surface area (Å²) in [5.41, 5.74) is 2.32. The van der Waals surface area contributed by atoms with Crippen LogP contribution in [0.5, 0.6) is 0 Å². The lowest BCUT2D eigenvalue weighted by atomic mass is 10.0. The maximum absolute atomic E-state index is 12.3. The van der Waals surface area contributed by atoms with Gasteiger partial charge in [-0.2, -0.15) is 0 Å². The second kappa shape index (κ2) is 4.65. The molecule has 1 aliphatic rings. The Morgan fingerprint density at radius 2 is 2.00 bits per heavy atom. The summed E-state index contributed by atoms with van der Waals surface area (Å²) in [4.78, 5) is 25.8. The molecule has 1 aromatic heterocycles. The third kappa shape index (κ3) is 2.44. The predicted octanol–water partition coefficient (Wildman–Crippen LogP) is 2.51. The van der Waals surface area contributed by atoms with E-state index in [2.05, 4.69) is 0 Å². The second-order valence-electron chi connectivity index (χ2n) is 6.37. The van der Waals surface area contributed by atoms with Crippen molar-refractivity contribution in [2.24, 2.45) is 7.05 Å². The number of ether oxygens (including phenoxy) is 1. The smallest absolute Gasteiger partial charge is 0.411 e. The molecule has 0 aliphatic carbocycles. The first-order chi connectivity index (χ1) is 9.11. The topological polar surface area (TPSA) is 51.5 Å². The van der Waals surface area contributed by atoms with Crippen LogP contribution in [0.1, 0.15) is 50.6 Å². The summed E-state index contributed by atoms with van der Waals surface area (Å²) in [6.45, 7) is 9.83. The molecule has 0 aromatic carbocycles. The number of nitrogens with zero attached hydrogens (tertiary/aromatic N) is 2. The monoisotopic (exact) mass is 278 g/mol. The molecule has 5 nitrogen and oxygen atoms in total. The summed E-state index contributed by atoms with van der Waals surface area (Å²) in [6, 6.07) is 1.54. The number of hydrogen-bond donors (Lipinski definition) is 0.